The monoisotopic (exact) mass is 417 g/mol. The van der Waals surface area contributed by atoms with Crippen molar-refractivity contribution in [2.45, 2.75) is 62.7 Å². The molecule has 160 valence electrons. The van der Waals surface area contributed by atoms with Crippen LogP contribution in [0.15, 0.2) is 6.20 Å². The van der Waals surface area contributed by atoms with Gasteiger partial charge in [0.1, 0.15) is 17.1 Å². The Kier molecular flexibility index (Phi) is 5.25. The molecule has 0 aromatic carbocycles. The number of hydrogen-bond acceptors (Lipinski definition) is 4. The van der Waals surface area contributed by atoms with E-state index in [1.165, 1.54) is 0 Å². The minimum absolute atomic E-state index is 0.0584. The third-order valence-electron chi connectivity index (χ3n) is 5.86. The first-order valence-corrected chi connectivity index (χ1v) is 9.38. The summed E-state index contributed by atoms with van der Waals surface area (Å²) < 4.78 is 59.2. The quantitative estimate of drug-likeness (QED) is 0.634. The fraction of sp³-hybridized carbons (Fsp3) is 0.632. The van der Waals surface area contributed by atoms with Crippen molar-refractivity contribution in [3.8, 4) is 5.75 Å². The topological polar surface area (TPSA) is 108 Å². The third kappa shape index (κ3) is 4.16. The van der Waals surface area contributed by atoms with E-state index in [-0.39, 0.29) is 42.0 Å². The average molecular weight is 417 g/mol. The van der Waals surface area contributed by atoms with Crippen molar-refractivity contribution in [1.82, 2.24) is 4.98 Å². The standard InChI is InChI=1S/C19H23F4N3O3/c1-17(7-12(24)27,10-3-4-10)13-14(16(25)28)26-8-11(18(20)5-2-6-18)15(13)29-9-19(21,22)23/h8,10H,2-7,9H2,1H3,(H2,24,27)(H2,25,28)/t17-/m1/s1. The molecule has 6 nitrogen and oxygen atoms in total. The van der Waals surface area contributed by atoms with Crippen molar-refractivity contribution in [3.63, 3.8) is 0 Å². The summed E-state index contributed by atoms with van der Waals surface area (Å²) in [4.78, 5) is 27.8. The van der Waals surface area contributed by atoms with Gasteiger partial charge in [-0.2, -0.15) is 13.2 Å². The van der Waals surface area contributed by atoms with E-state index in [2.05, 4.69) is 4.98 Å². The summed E-state index contributed by atoms with van der Waals surface area (Å²) in [6.07, 6.45) is -1.82. The highest BCUT2D eigenvalue weighted by Crippen LogP contribution is 2.56. The van der Waals surface area contributed by atoms with Crippen LogP contribution in [0.3, 0.4) is 0 Å². The molecule has 3 rings (SSSR count). The molecule has 1 aromatic rings. The summed E-state index contributed by atoms with van der Waals surface area (Å²) in [5.41, 5.74) is 7.23. The zero-order valence-corrected chi connectivity index (χ0v) is 15.9. The fourth-order valence-corrected chi connectivity index (χ4v) is 4.11. The molecule has 1 aromatic heterocycles. The van der Waals surface area contributed by atoms with Crippen molar-refractivity contribution in [2.24, 2.45) is 17.4 Å². The van der Waals surface area contributed by atoms with Crippen LogP contribution in [-0.2, 0) is 15.9 Å². The van der Waals surface area contributed by atoms with Crippen LogP contribution in [0.5, 0.6) is 5.75 Å². The number of primary amides is 2. The van der Waals surface area contributed by atoms with E-state index in [1.54, 1.807) is 6.92 Å². The maximum Gasteiger partial charge on any atom is 0.422 e. The molecule has 0 aliphatic heterocycles. The molecule has 2 fully saturated rings. The number of halogens is 4. The second kappa shape index (κ2) is 7.14. The van der Waals surface area contributed by atoms with Crippen molar-refractivity contribution < 1.29 is 31.9 Å². The third-order valence-corrected chi connectivity index (χ3v) is 5.86. The number of hydrogen-bond donors (Lipinski definition) is 2. The first-order chi connectivity index (χ1) is 13.4. The summed E-state index contributed by atoms with van der Waals surface area (Å²) in [6.45, 7) is -0.0720. The number of pyridine rings is 1. The second-order valence-electron chi connectivity index (χ2n) is 8.15. The normalized spacial score (nSPS) is 20.4. The van der Waals surface area contributed by atoms with E-state index in [9.17, 15) is 22.8 Å². The van der Waals surface area contributed by atoms with Crippen LogP contribution in [0.1, 0.15) is 67.1 Å². The van der Waals surface area contributed by atoms with E-state index in [1.807, 2.05) is 0 Å². The van der Waals surface area contributed by atoms with Gasteiger partial charge < -0.3 is 16.2 Å². The van der Waals surface area contributed by atoms with Crippen LogP contribution in [0.2, 0.25) is 0 Å². The van der Waals surface area contributed by atoms with Crippen LogP contribution >= 0.6 is 0 Å². The molecule has 29 heavy (non-hydrogen) atoms. The molecular weight excluding hydrogens is 394 g/mol. The van der Waals surface area contributed by atoms with Gasteiger partial charge in [-0.25, -0.2) is 4.39 Å². The maximum atomic E-state index is 15.3. The molecule has 0 radical (unpaired) electrons. The largest absolute Gasteiger partial charge is 0.483 e. The molecule has 1 heterocycles. The van der Waals surface area contributed by atoms with Crippen molar-refractivity contribution in [2.75, 3.05) is 6.61 Å². The van der Waals surface area contributed by atoms with E-state index >= 15 is 4.39 Å². The number of rotatable bonds is 8. The Labute approximate surface area is 165 Å². The summed E-state index contributed by atoms with van der Waals surface area (Å²) in [5.74, 6) is -2.25. The minimum atomic E-state index is -4.69. The first-order valence-electron chi connectivity index (χ1n) is 9.38. The van der Waals surface area contributed by atoms with Gasteiger partial charge in [0.2, 0.25) is 5.91 Å². The molecule has 0 saturated heterocycles. The molecule has 10 heteroatoms. The van der Waals surface area contributed by atoms with Gasteiger partial charge in [-0.15, -0.1) is 0 Å². The molecule has 2 saturated carbocycles. The van der Waals surface area contributed by atoms with Gasteiger partial charge in [-0.3, -0.25) is 14.6 Å². The van der Waals surface area contributed by atoms with Crippen molar-refractivity contribution in [1.29, 1.82) is 0 Å². The summed E-state index contributed by atoms with van der Waals surface area (Å²) >= 11 is 0. The highest BCUT2D eigenvalue weighted by atomic mass is 19.4. The molecule has 0 spiro atoms. The van der Waals surface area contributed by atoms with Crippen LogP contribution in [-0.4, -0.2) is 29.6 Å². The van der Waals surface area contributed by atoms with Gasteiger partial charge in [0.15, 0.2) is 6.61 Å². The van der Waals surface area contributed by atoms with Crippen molar-refractivity contribution in [3.05, 3.63) is 23.0 Å². The number of carbonyl (C=O) groups is 2. The number of alkyl halides is 4. The van der Waals surface area contributed by atoms with Crippen LogP contribution in [0.4, 0.5) is 17.6 Å². The zero-order chi connectivity index (χ0) is 21.6. The van der Waals surface area contributed by atoms with Gasteiger partial charge in [0.05, 0.1) is 0 Å². The Bertz CT molecular complexity index is 835. The summed E-state index contributed by atoms with van der Waals surface area (Å²) in [7, 11) is 0. The van der Waals surface area contributed by atoms with Crippen LogP contribution < -0.4 is 16.2 Å². The molecule has 0 unspecified atom stereocenters. The van der Waals surface area contributed by atoms with E-state index in [0.29, 0.717) is 19.3 Å². The molecule has 4 N–H and O–H groups in total. The van der Waals surface area contributed by atoms with Gasteiger partial charge >= 0.3 is 6.18 Å². The number of nitrogens with two attached hydrogens (primary N) is 2. The highest BCUT2D eigenvalue weighted by Gasteiger charge is 2.51. The van der Waals surface area contributed by atoms with Crippen molar-refractivity contribution >= 4 is 11.8 Å². The molecular formula is C19H23F4N3O3. The number of carbonyl (C=O) groups excluding carboxylic acids is 2. The summed E-state index contributed by atoms with van der Waals surface area (Å²) in [6, 6.07) is 0. The lowest BCUT2D eigenvalue weighted by molar-refractivity contribution is -0.154. The van der Waals surface area contributed by atoms with Gasteiger partial charge in [-0.05, 0) is 38.0 Å². The van der Waals surface area contributed by atoms with Gasteiger partial charge in [0, 0.05) is 29.2 Å². The Morgan fingerprint density at radius 3 is 2.31 bits per heavy atom. The van der Waals surface area contributed by atoms with Crippen LogP contribution in [0, 0.1) is 5.92 Å². The summed E-state index contributed by atoms with van der Waals surface area (Å²) in [5, 5.41) is 0. The Morgan fingerprint density at radius 1 is 1.28 bits per heavy atom. The Hall–Kier alpha value is -2.39. The van der Waals surface area contributed by atoms with E-state index in [0.717, 1.165) is 6.20 Å². The van der Waals surface area contributed by atoms with E-state index < -0.39 is 41.4 Å². The molecule has 2 aliphatic rings. The highest BCUT2D eigenvalue weighted by molar-refractivity contribution is 5.94. The average Bonchev–Trinajstić information content (AvgIpc) is 3.40. The van der Waals surface area contributed by atoms with Gasteiger partial charge in [-0.1, -0.05) is 6.92 Å². The van der Waals surface area contributed by atoms with E-state index in [4.69, 9.17) is 16.2 Å². The number of aromatic nitrogens is 1. The smallest absolute Gasteiger partial charge is 0.422 e. The molecule has 0 bridgehead atoms. The predicted molar refractivity (Wildman–Crippen MR) is 94.8 cm³/mol. The molecule has 2 aliphatic carbocycles. The van der Waals surface area contributed by atoms with Crippen LogP contribution in [0.25, 0.3) is 0 Å². The van der Waals surface area contributed by atoms with Gasteiger partial charge in [0.25, 0.3) is 5.91 Å². The Morgan fingerprint density at radius 2 is 1.90 bits per heavy atom. The number of ether oxygens (including phenoxy) is 1. The second-order valence-corrected chi connectivity index (χ2v) is 8.15. The maximum absolute atomic E-state index is 15.3. The number of nitrogens with zero attached hydrogens (tertiary/aromatic N) is 1. The first kappa shape index (κ1) is 21.3. The Balaban J connectivity index is 2.25. The SMILES string of the molecule is C[C@](CC(N)=O)(c1c(C(N)=O)ncc(C2(F)CCC2)c1OCC(F)(F)F)C1CC1. The zero-order valence-electron chi connectivity index (χ0n) is 15.9. The lowest BCUT2D eigenvalue weighted by Crippen LogP contribution is -2.38. The molecule has 2 amide bonds. The fourth-order valence-electron chi connectivity index (χ4n) is 4.11. The predicted octanol–water partition coefficient (Wildman–Crippen LogP) is 3.01. The lowest BCUT2D eigenvalue weighted by atomic mass is 9.70. The number of amides is 2. The lowest BCUT2D eigenvalue weighted by Gasteiger charge is -2.38. The molecule has 1 atom stereocenters. The minimum Gasteiger partial charge on any atom is -0.483 e.